The number of carbonyl (C=O) groups excluding carboxylic acids is 1. The van der Waals surface area contributed by atoms with Gasteiger partial charge in [-0.05, 0) is 69.9 Å². The summed E-state index contributed by atoms with van der Waals surface area (Å²) in [5, 5.41) is 7.53. The highest BCUT2D eigenvalue weighted by molar-refractivity contribution is 5.94. The highest BCUT2D eigenvalue weighted by Gasteiger charge is 2.11. The number of nitrogens with zero attached hydrogens (tertiary/aromatic N) is 2. The molecule has 0 saturated carbocycles. The molecule has 1 aromatic carbocycles. The predicted molar refractivity (Wildman–Crippen MR) is 94.0 cm³/mol. The van der Waals surface area contributed by atoms with Crippen LogP contribution in [0, 0.1) is 19.8 Å². The van der Waals surface area contributed by atoms with Crippen molar-refractivity contribution in [2.24, 2.45) is 5.92 Å². The molecular formula is C19H27N3O. The third-order valence-corrected chi connectivity index (χ3v) is 3.94. The van der Waals surface area contributed by atoms with E-state index in [1.54, 1.807) is 0 Å². The highest BCUT2D eigenvalue weighted by atomic mass is 16.1. The molecule has 1 heterocycles. The molecule has 0 aliphatic rings. The summed E-state index contributed by atoms with van der Waals surface area (Å²) in [7, 11) is 0. The largest absolute Gasteiger partial charge is 0.350 e. The number of benzene rings is 1. The second-order valence-corrected chi connectivity index (χ2v) is 6.73. The Kier molecular flexibility index (Phi) is 5.59. The molecule has 1 unspecified atom stereocenters. The van der Waals surface area contributed by atoms with E-state index in [-0.39, 0.29) is 11.9 Å². The molecule has 0 fully saturated rings. The van der Waals surface area contributed by atoms with E-state index in [0.717, 1.165) is 29.9 Å². The van der Waals surface area contributed by atoms with Gasteiger partial charge in [-0.3, -0.25) is 4.79 Å². The van der Waals surface area contributed by atoms with E-state index in [1.807, 2.05) is 48.9 Å². The third-order valence-electron chi connectivity index (χ3n) is 3.94. The van der Waals surface area contributed by atoms with Crippen LogP contribution in [0.25, 0.3) is 5.69 Å². The number of nitrogens with one attached hydrogen (secondary N) is 1. The van der Waals surface area contributed by atoms with Crippen LogP contribution in [0.4, 0.5) is 0 Å². The maximum atomic E-state index is 12.3. The smallest absolute Gasteiger partial charge is 0.251 e. The Morgan fingerprint density at radius 2 is 1.78 bits per heavy atom. The summed E-state index contributed by atoms with van der Waals surface area (Å²) in [6.07, 6.45) is 2.13. The van der Waals surface area contributed by atoms with Crippen LogP contribution in [0.5, 0.6) is 0 Å². The molecule has 0 aliphatic carbocycles. The molecular weight excluding hydrogens is 286 g/mol. The van der Waals surface area contributed by atoms with Gasteiger partial charge in [0, 0.05) is 17.3 Å². The molecule has 2 aromatic rings. The van der Waals surface area contributed by atoms with Crippen LogP contribution < -0.4 is 5.32 Å². The van der Waals surface area contributed by atoms with Crippen LogP contribution in [0.15, 0.2) is 30.3 Å². The maximum absolute atomic E-state index is 12.3. The summed E-state index contributed by atoms with van der Waals surface area (Å²) in [4.78, 5) is 12.3. The molecule has 23 heavy (non-hydrogen) atoms. The lowest BCUT2D eigenvalue weighted by Gasteiger charge is -2.15. The summed E-state index contributed by atoms with van der Waals surface area (Å²) >= 11 is 0. The summed E-state index contributed by atoms with van der Waals surface area (Å²) < 4.78 is 1.89. The topological polar surface area (TPSA) is 46.9 Å². The van der Waals surface area contributed by atoms with Gasteiger partial charge >= 0.3 is 0 Å². The standard InChI is InChI=1S/C19H27N3O/c1-13(2)6-7-14(3)20-19(23)17-8-10-18(11-9-17)22-16(5)12-15(4)21-22/h8-14H,6-7H2,1-5H3,(H,20,23). The normalized spacial score (nSPS) is 12.4. The van der Waals surface area contributed by atoms with Crippen LogP contribution in [0.2, 0.25) is 0 Å². The Hall–Kier alpha value is -2.10. The van der Waals surface area contributed by atoms with E-state index < -0.39 is 0 Å². The summed E-state index contributed by atoms with van der Waals surface area (Å²) in [6.45, 7) is 10.5. The Morgan fingerprint density at radius 1 is 1.13 bits per heavy atom. The highest BCUT2D eigenvalue weighted by Crippen LogP contribution is 2.13. The number of aryl methyl sites for hydroxylation is 2. The third kappa shape index (κ3) is 4.68. The SMILES string of the molecule is Cc1cc(C)n(-c2ccc(C(=O)NC(C)CCC(C)C)cc2)n1. The van der Waals surface area contributed by atoms with Crippen molar-refractivity contribution in [3.05, 3.63) is 47.3 Å². The zero-order valence-corrected chi connectivity index (χ0v) is 14.8. The Bertz CT molecular complexity index is 656. The van der Waals surface area contributed by atoms with Crippen LogP contribution in [0.1, 0.15) is 55.4 Å². The molecule has 1 amide bonds. The van der Waals surface area contributed by atoms with Crippen molar-refractivity contribution in [1.29, 1.82) is 0 Å². The Morgan fingerprint density at radius 3 is 2.30 bits per heavy atom. The lowest BCUT2D eigenvalue weighted by Crippen LogP contribution is -2.32. The van der Waals surface area contributed by atoms with Crippen molar-refractivity contribution in [3.63, 3.8) is 0 Å². The first-order chi connectivity index (χ1) is 10.9. The minimum Gasteiger partial charge on any atom is -0.350 e. The van der Waals surface area contributed by atoms with Crippen LogP contribution in [-0.4, -0.2) is 21.7 Å². The van der Waals surface area contributed by atoms with Crippen molar-refractivity contribution in [2.75, 3.05) is 0 Å². The molecule has 1 N–H and O–H groups in total. The first kappa shape index (κ1) is 17.3. The van der Waals surface area contributed by atoms with Crippen molar-refractivity contribution in [1.82, 2.24) is 15.1 Å². The van der Waals surface area contributed by atoms with Gasteiger partial charge in [0.25, 0.3) is 5.91 Å². The molecule has 0 spiro atoms. The summed E-state index contributed by atoms with van der Waals surface area (Å²) in [5.41, 5.74) is 3.73. The van der Waals surface area contributed by atoms with Gasteiger partial charge in [-0.15, -0.1) is 0 Å². The van der Waals surface area contributed by atoms with Gasteiger partial charge in [0.15, 0.2) is 0 Å². The van der Waals surface area contributed by atoms with Crippen molar-refractivity contribution >= 4 is 5.91 Å². The lowest BCUT2D eigenvalue weighted by atomic mass is 10.0. The van der Waals surface area contributed by atoms with Gasteiger partial charge in [0.2, 0.25) is 0 Å². The molecule has 124 valence electrons. The Balaban J connectivity index is 2.01. The average molecular weight is 313 g/mol. The molecule has 4 nitrogen and oxygen atoms in total. The van der Waals surface area contributed by atoms with Crippen LogP contribution >= 0.6 is 0 Å². The molecule has 0 aliphatic heterocycles. The van der Waals surface area contributed by atoms with Crippen LogP contribution in [0.3, 0.4) is 0 Å². The van der Waals surface area contributed by atoms with Crippen molar-refractivity contribution in [3.8, 4) is 5.69 Å². The predicted octanol–water partition coefficient (Wildman–Crippen LogP) is 4.04. The number of aromatic nitrogens is 2. The molecule has 1 aromatic heterocycles. The van der Waals surface area contributed by atoms with Gasteiger partial charge in [0.05, 0.1) is 11.4 Å². The molecule has 1 atom stereocenters. The first-order valence-electron chi connectivity index (χ1n) is 8.31. The monoisotopic (exact) mass is 313 g/mol. The van der Waals surface area contributed by atoms with E-state index >= 15 is 0 Å². The van der Waals surface area contributed by atoms with Gasteiger partial charge in [-0.2, -0.15) is 5.10 Å². The average Bonchev–Trinajstić information content (AvgIpc) is 2.84. The zero-order valence-electron chi connectivity index (χ0n) is 14.8. The number of amides is 1. The van der Waals surface area contributed by atoms with E-state index in [9.17, 15) is 4.79 Å². The van der Waals surface area contributed by atoms with Crippen LogP contribution in [-0.2, 0) is 0 Å². The number of hydrogen-bond donors (Lipinski definition) is 1. The quantitative estimate of drug-likeness (QED) is 0.874. The fourth-order valence-corrected chi connectivity index (χ4v) is 2.61. The number of hydrogen-bond acceptors (Lipinski definition) is 2. The molecule has 0 bridgehead atoms. The molecule has 0 saturated heterocycles. The molecule has 4 heteroatoms. The van der Waals surface area contributed by atoms with E-state index in [4.69, 9.17) is 0 Å². The summed E-state index contributed by atoms with van der Waals surface area (Å²) in [6, 6.07) is 9.82. The Labute approximate surface area is 138 Å². The first-order valence-corrected chi connectivity index (χ1v) is 8.31. The van der Waals surface area contributed by atoms with Crippen molar-refractivity contribution in [2.45, 2.75) is 53.5 Å². The van der Waals surface area contributed by atoms with E-state index in [0.29, 0.717) is 11.5 Å². The fraction of sp³-hybridized carbons (Fsp3) is 0.474. The fourth-order valence-electron chi connectivity index (χ4n) is 2.61. The van der Waals surface area contributed by atoms with E-state index in [2.05, 4.69) is 31.2 Å². The number of carbonyl (C=O) groups is 1. The molecule has 2 rings (SSSR count). The number of rotatable bonds is 6. The second kappa shape index (κ2) is 7.44. The van der Waals surface area contributed by atoms with Gasteiger partial charge < -0.3 is 5.32 Å². The maximum Gasteiger partial charge on any atom is 0.251 e. The zero-order chi connectivity index (χ0) is 17.0. The van der Waals surface area contributed by atoms with Gasteiger partial charge in [0.1, 0.15) is 0 Å². The van der Waals surface area contributed by atoms with Crippen molar-refractivity contribution < 1.29 is 4.79 Å². The lowest BCUT2D eigenvalue weighted by molar-refractivity contribution is 0.0937. The minimum atomic E-state index is -0.0128. The minimum absolute atomic E-state index is 0.0128. The second-order valence-electron chi connectivity index (χ2n) is 6.73. The van der Waals surface area contributed by atoms with Gasteiger partial charge in [-0.25, -0.2) is 4.68 Å². The van der Waals surface area contributed by atoms with Gasteiger partial charge in [-0.1, -0.05) is 13.8 Å². The van der Waals surface area contributed by atoms with E-state index in [1.165, 1.54) is 0 Å². The molecule has 0 radical (unpaired) electrons. The summed E-state index contributed by atoms with van der Waals surface area (Å²) in [5.74, 6) is 0.649.